The van der Waals surface area contributed by atoms with Crippen LogP contribution in [0.25, 0.3) is 0 Å². The van der Waals surface area contributed by atoms with Gasteiger partial charge in [-0.3, -0.25) is 14.9 Å². The van der Waals surface area contributed by atoms with Crippen LogP contribution < -0.4 is 11.1 Å². The molecule has 0 fully saturated rings. The van der Waals surface area contributed by atoms with E-state index in [-0.39, 0.29) is 5.88 Å². The maximum absolute atomic E-state index is 10.6. The van der Waals surface area contributed by atoms with E-state index in [1.807, 2.05) is 0 Å². The van der Waals surface area contributed by atoms with Crippen LogP contribution in [0.4, 0.5) is 0 Å². The molecule has 1 aliphatic rings. The predicted octanol–water partition coefficient (Wildman–Crippen LogP) is -1.10. The van der Waals surface area contributed by atoms with Crippen LogP contribution in [0, 0.1) is 0 Å². The van der Waals surface area contributed by atoms with Crippen molar-refractivity contribution in [2.75, 3.05) is 0 Å². The van der Waals surface area contributed by atoms with Gasteiger partial charge in [-0.2, -0.15) is 0 Å². The molecule has 0 aliphatic carbocycles. The van der Waals surface area contributed by atoms with Gasteiger partial charge in [0.25, 0.3) is 0 Å². The molecule has 0 spiro atoms. The Morgan fingerprint density at radius 3 is 2.67 bits per heavy atom. The lowest BCUT2D eigenvalue weighted by atomic mass is 10.5. The van der Waals surface area contributed by atoms with Crippen molar-refractivity contribution in [3.63, 3.8) is 0 Å². The number of nitrogens with one attached hydrogen (secondary N) is 1. The summed E-state index contributed by atoms with van der Waals surface area (Å²) in [6.45, 7) is 0. The number of carbonyl (C=O) groups is 2. The molecule has 0 aromatic carbocycles. The van der Waals surface area contributed by atoms with E-state index >= 15 is 0 Å². The predicted molar refractivity (Wildman–Crippen MR) is 36.7 cm³/mol. The van der Waals surface area contributed by atoms with Gasteiger partial charge in [0.2, 0.25) is 5.88 Å². The molecular weight excluding hydrogens is 164 g/mol. The molecule has 0 radical (unpaired) electrons. The summed E-state index contributed by atoms with van der Waals surface area (Å²) in [5.41, 5.74) is 4.66. The molecule has 6 nitrogen and oxygen atoms in total. The molecule has 0 aromatic heterocycles. The highest BCUT2D eigenvalue weighted by Gasteiger charge is 2.11. The van der Waals surface area contributed by atoms with Crippen LogP contribution in [0.3, 0.4) is 0 Å². The standard InChI is InChI=1S/C6H6N2O4/c7-5(9)6(10)8-4-3-11-1-2-12-4/h1-3H,(H2,7,9)(H,8,10). The zero-order valence-corrected chi connectivity index (χ0v) is 5.94. The van der Waals surface area contributed by atoms with Crippen LogP contribution in [-0.2, 0) is 19.1 Å². The molecule has 3 N–H and O–H groups in total. The zero-order valence-electron chi connectivity index (χ0n) is 5.94. The molecule has 0 saturated carbocycles. The third kappa shape index (κ3) is 2.01. The van der Waals surface area contributed by atoms with Crippen molar-refractivity contribution in [1.29, 1.82) is 0 Å². The summed E-state index contributed by atoms with van der Waals surface area (Å²) in [5.74, 6) is -2.03. The quantitative estimate of drug-likeness (QED) is 0.489. The average Bonchev–Trinajstić information content (AvgIpc) is 2.06. The van der Waals surface area contributed by atoms with Crippen molar-refractivity contribution < 1.29 is 19.1 Å². The fourth-order valence-electron chi connectivity index (χ4n) is 0.494. The highest BCUT2D eigenvalue weighted by Crippen LogP contribution is 2.00. The number of primary amides is 1. The summed E-state index contributed by atoms with van der Waals surface area (Å²) in [6.07, 6.45) is 3.59. The third-order valence-corrected chi connectivity index (χ3v) is 0.965. The maximum atomic E-state index is 10.6. The van der Waals surface area contributed by atoms with Gasteiger partial charge in [-0.15, -0.1) is 0 Å². The van der Waals surface area contributed by atoms with Gasteiger partial charge < -0.3 is 15.2 Å². The number of amides is 2. The Balaban J connectivity index is 2.46. The maximum Gasteiger partial charge on any atom is 0.315 e. The van der Waals surface area contributed by atoms with Crippen LogP contribution in [0.5, 0.6) is 0 Å². The normalized spacial score (nSPS) is 13.8. The largest absolute Gasteiger partial charge is 0.464 e. The van der Waals surface area contributed by atoms with Crippen LogP contribution in [0.2, 0.25) is 0 Å². The third-order valence-electron chi connectivity index (χ3n) is 0.965. The summed E-state index contributed by atoms with van der Waals surface area (Å²) in [5, 5.41) is 2.07. The molecule has 2 amide bonds. The van der Waals surface area contributed by atoms with E-state index in [0.717, 1.165) is 6.26 Å². The van der Waals surface area contributed by atoms with Crippen LogP contribution in [0.15, 0.2) is 24.7 Å². The molecular formula is C6H6N2O4. The van der Waals surface area contributed by atoms with Gasteiger partial charge in [0.05, 0.1) is 0 Å². The summed E-state index contributed by atoms with van der Waals surface area (Å²) < 4.78 is 9.34. The first-order valence-corrected chi connectivity index (χ1v) is 2.98. The van der Waals surface area contributed by atoms with Crippen molar-refractivity contribution in [2.45, 2.75) is 0 Å². The summed E-state index contributed by atoms with van der Waals surface area (Å²) in [4.78, 5) is 20.9. The Labute approximate surface area is 67.6 Å². The van der Waals surface area contributed by atoms with Gasteiger partial charge in [0.15, 0.2) is 6.26 Å². The van der Waals surface area contributed by atoms with E-state index in [2.05, 4.69) is 15.8 Å². The first-order chi connectivity index (χ1) is 5.70. The van der Waals surface area contributed by atoms with E-state index in [4.69, 9.17) is 4.74 Å². The number of ether oxygens (including phenoxy) is 2. The smallest absolute Gasteiger partial charge is 0.315 e. The molecule has 0 atom stereocenters. The fourth-order valence-corrected chi connectivity index (χ4v) is 0.494. The molecule has 1 rings (SSSR count). The first-order valence-electron chi connectivity index (χ1n) is 2.98. The lowest BCUT2D eigenvalue weighted by molar-refractivity contribution is -0.137. The average molecular weight is 170 g/mol. The van der Waals surface area contributed by atoms with Crippen molar-refractivity contribution >= 4 is 11.8 Å². The SMILES string of the molecule is NC(=O)C(=O)NC1=COC=CO1. The number of nitrogens with two attached hydrogens (primary N) is 1. The van der Waals surface area contributed by atoms with Gasteiger partial charge in [-0.05, 0) is 0 Å². The van der Waals surface area contributed by atoms with E-state index in [0.29, 0.717) is 0 Å². The fraction of sp³-hybridized carbons (Fsp3) is 0. The minimum absolute atomic E-state index is 0.0151. The van der Waals surface area contributed by atoms with Gasteiger partial charge in [0.1, 0.15) is 12.5 Å². The summed E-state index contributed by atoms with van der Waals surface area (Å²) >= 11 is 0. The summed E-state index contributed by atoms with van der Waals surface area (Å²) in [6, 6.07) is 0. The van der Waals surface area contributed by atoms with E-state index in [1.165, 1.54) is 12.5 Å². The van der Waals surface area contributed by atoms with Crippen LogP contribution >= 0.6 is 0 Å². The Morgan fingerprint density at radius 2 is 2.17 bits per heavy atom. The second kappa shape index (κ2) is 3.42. The topological polar surface area (TPSA) is 90.7 Å². The Morgan fingerprint density at radius 1 is 1.42 bits per heavy atom. The van der Waals surface area contributed by atoms with Crippen molar-refractivity contribution in [1.82, 2.24) is 5.32 Å². The Bertz CT molecular complexity index is 269. The van der Waals surface area contributed by atoms with Crippen LogP contribution in [-0.4, -0.2) is 11.8 Å². The van der Waals surface area contributed by atoms with Crippen molar-refractivity contribution in [3.8, 4) is 0 Å². The second-order valence-corrected chi connectivity index (χ2v) is 1.83. The molecule has 0 saturated heterocycles. The Kier molecular flexibility index (Phi) is 2.32. The minimum Gasteiger partial charge on any atom is -0.464 e. The molecule has 0 aromatic rings. The number of hydrogen-bond acceptors (Lipinski definition) is 4. The number of rotatable bonds is 1. The van der Waals surface area contributed by atoms with E-state index in [1.54, 1.807) is 0 Å². The van der Waals surface area contributed by atoms with E-state index in [9.17, 15) is 9.59 Å². The molecule has 1 aliphatic heterocycles. The number of hydrogen-bond donors (Lipinski definition) is 2. The Hall–Kier alpha value is -1.98. The number of carbonyl (C=O) groups excluding carboxylic acids is 2. The summed E-state index contributed by atoms with van der Waals surface area (Å²) in [7, 11) is 0. The van der Waals surface area contributed by atoms with Crippen molar-refractivity contribution in [2.24, 2.45) is 5.73 Å². The van der Waals surface area contributed by atoms with Crippen LogP contribution in [0.1, 0.15) is 0 Å². The molecule has 6 heteroatoms. The monoisotopic (exact) mass is 170 g/mol. The lowest BCUT2D eigenvalue weighted by Crippen LogP contribution is -2.36. The van der Waals surface area contributed by atoms with E-state index < -0.39 is 11.8 Å². The van der Waals surface area contributed by atoms with Gasteiger partial charge >= 0.3 is 11.8 Å². The van der Waals surface area contributed by atoms with Gasteiger partial charge in [0, 0.05) is 0 Å². The molecule has 0 bridgehead atoms. The van der Waals surface area contributed by atoms with Gasteiger partial charge in [-0.25, -0.2) is 0 Å². The highest BCUT2D eigenvalue weighted by atomic mass is 16.5. The molecule has 1 heterocycles. The first kappa shape index (κ1) is 8.12. The molecule has 0 unspecified atom stereocenters. The second-order valence-electron chi connectivity index (χ2n) is 1.83. The minimum atomic E-state index is -1.09. The lowest BCUT2D eigenvalue weighted by Gasteiger charge is -2.08. The van der Waals surface area contributed by atoms with Crippen molar-refractivity contribution in [3.05, 3.63) is 24.7 Å². The highest BCUT2D eigenvalue weighted by molar-refractivity contribution is 6.34. The zero-order chi connectivity index (χ0) is 8.97. The van der Waals surface area contributed by atoms with Gasteiger partial charge in [-0.1, -0.05) is 0 Å². The molecule has 64 valence electrons. The molecule has 12 heavy (non-hydrogen) atoms.